The lowest BCUT2D eigenvalue weighted by atomic mass is 9.97. The van der Waals surface area contributed by atoms with Gasteiger partial charge in [0.15, 0.2) is 8.07 Å². The van der Waals surface area contributed by atoms with Crippen LogP contribution in [0.5, 0.6) is 0 Å². The minimum absolute atomic E-state index is 1.09. The minimum atomic E-state index is -2.96. The van der Waals surface area contributed by atoms with Crippen molar-refractivity contribution in [2.75, 3.05) is 9.80 Å². The molecule has 0 spiro atoms. The number of benzene rings is 10. The summed E-state index contributed by atoms with van der Waals surface area (Å²) in [7, 11) is -2.96. The molecular formula is C58H42N2Si. The second-order valence-electron chi connectivity index (χ2n) is 15.7. The molecule has 0 radical (unpaired) electrons. The van der Waals surface area contributed by atoms with Gasteiger partial charge < -0.3 is 9.80 Å². The van der Waals surface area contributed by atoms with Gasteiger partial charge in [0.2, 0.25) is 0 Å². The maximum absolute atomic E-state index is 2.96. The van der Waals surface area contributed by atoms with Crippen LogP contribution < -0.4 is 30.5 Å². The van der Waals surface area contributed by atoms with Crippen molar-refractivity contribution in [3.8, 4) is 22.3 Å². The SMILES string of the molecule is c1ccc(-c2ccccc2N(c2ccc(-c3cccc4ccccc34)cc2)c2ccc3c(c2)[Si](c2ccccc2)(c2ccccc2)c2ccccc2N3c2ccccc2)cc1. The number of fused-ring (bicyclic) bond motifs is 3. The van der Waals surface area contributed by atoms with Gasteiger partial charge in [0, 0.05) is 34.0 Å². The highest BCUT2D eigenvalue weighted by atomic mass is 28.3. The zero-order valence-electron chi connectivity index (χ0n) is 33.6. The molecule has 0 atom stereocenters. The summed E-state index contributed by atoms with van der Waals surface area (Å²) in [6, 6.07) is 93.8. The zero-order chi connectivity index (χ0) is 40.6. The second kappa shape index (κ2) is 15.5. The van der Waals surface area contributed by atoms with Gasteiger partial charge in [-0.3, -0.25) is 0 Å². The summed E-state index contributed by atoms with van der Waals surface area (Å²) >= 11 is 0. The molecule has 1 aliphatic heterocycles. The smallest absolute Gasteiger partial charge is 0.184 e. The van der Waals surface area contributed by atoms with Crippen LogP contribution in [0, 0.1) is 0 Å². The molecule has 61 heavy (non-hydrogen) atoms. The van der Waals surface area contributed by atoms with Gasteiger partial charge in [0.05, 0.1) is 5.69 Å². The van der Waals surface area contributed by atoms with Gasteiger partial charge >= 0.3 is 0 Å². The first-order valence-electron chi connectivity index (χ1n) is 21.0. The van der Waals surface area contributed by atoms with E-state index in [1.54, 1.807) is 0 Å². The molecule has 288 valence electrons. The van der Waals surface area contributed by atoms with E-state index in [0.717, 1.165) is 22.7 Å². The normalized spacial score (nSPS) is 12.7. The molecule has 0 saturated carbocycles. The van der Waals surface area contributed by atoms with Crippen molar-refractivity contribution >= 4 is 73.7 Å². The van der Waals surface area contributed by atoms with Crippen molar-refractivity contribution in [2.24, 2.45) is 0 Å². The Morgan fingerprint density at radius 3 is 1.61 bits per heavy atom. The maximum Gasteiger partial charge on any atom is 0.184 e. The van der Waals surface area contributed by atoms with Gasteiger partial charge in [-0.05, 0) is 103 Å². The zero-order valence-corrected chi connectivity index (χ0v) is 34.6. The van der Waals surface area contributed by atoms with Gasteiger partial charge in [-0.15, -0.1) is 0 Å². The quantitative estimate of drug-likeness (QED) is 0.141. The van der Waals surface area contributed by atoms with Gasteiger partial charge in [-0.1, -0.05) is 200 Å². The fourth-order valence-corrected chi connectivity index (χ4v) is 14.8. The Hall–Kier alpha value is -7.72. The predicted octanol–water partition coefficient (Wildman–Crippen LogP) is 12.8. The van der Waals surface area contributed by atoms with Crippen molar-refractivity contribution in [1.82, 2.24) is 0 Å². The molecule has 0 aliphatic carbocycles. The summed E-state index contributed by atoms with van der Waals surface area (Å²) in [5.41, 5.74) is 11.7. The molecule has 11 rings (SSSR count). The van der Waals surface area contributed by atoms with Gasteiger partial charge in [0.1, 0.15) is 0 Å². The highest BCUT2D eigenvalue weighted by Gasteiger charge is 2.49. The van der Waals surface area contributed by atoms with E-state index in [1.807, 2.05) is 0 Å². The molecule has 3 heteroatoms. The molecule has 2 nitrogen and oxygen atoms in total. The van der Waals surface area contributed by atoms with Crippen LogP contribution in [0.25, 0.3) is 33.0 Å². The Bertz CT molecular complexity index is 3090. The van der Waals surface area contributed by atoms with E-state index in [9.17, 15) is 0 Å². The second-order valence-corrected chi connectivity index (χ2v) is 19.4. The Morgan fingerprint density at radius 1 is 0.344 bits per heavy atom. The summed E-state index contributed by atoms with van der Waals surface area (Å²) in [5, 5.41) is 7.93. The van der Waals surface area contributed by atoms with E-state index in [1.165, 1.54) is 65.1 Å². The van der Waals surface area contributed by atoms with Crippen LogP contribution in [0.1, 0.15) is 0 Å². The minimum Gasteiger partial charge on any atom is -0.311 e. The lowest BCUT2D eigenvalue weighted by Gasteiger charge is -2.45. The van der Waals surface area contributed by atoms with E-state index in [0.29, 0.717) is 0 Å². The average Bonchev–Trinajstić information content (AvgIpc) is 3.34. The molecule has 0 amide bonds. The van der Waals surface area contributed by atoms with Gasteiger partial charge in [-0.25, -0.2) is 0 Å². The predicted molar refractivity (Wildman–Crippen MR) is 261 cm³/mol. The molecule has 0 fully saturated rings. The molecule has 10 aromatic rings. The largest absolute Gasteiger partial charge is 0.311 e. The molecule has 10 aromatic carbocycles. The van der Waals surface area contributed by atoms with Crippen LogP contribution >= 0.6 is 0 Å². The molecule has 0 N–H and O–H groups in total. The molecule has 1 aliphatic rings. The fraction of sp³-hybridized carbons (Fsp3) is 0. The highest BCUT2D eigenvalue weighted by molar-refractivity contribution is 7.21. The number of hydrogen-bond acceptors (Lipinski definition) is 2. The molecular weight excluding hydrogens is 753 g/mol. The number of rotatable bonds is 8. The first-order valence-corrected chi connectivity index (χ1v) is 23.0. The van der Waals surface area contributed by atoms with Crippen LogP contribution in [0.2, 0.25) is 0 Å². The van der Waals surface area contributed by atoms with Crippen LogP contribution in [0.4, 0.5) is 34.1 Å². The summed E-state index contributed by atoms with van der Waals surface area (Å²) in [6.45, 7) is 0. The van der Waals surface area contributed by atoms with Crippen LogP contribution in [-0.4, -0.2) is 8.07 Å². The number of nitrogens with zero attached hydrogens (tertiary/aromatic N) is 2. The van der Waals surface area contributed by atoms with Crippen LogP contribution in [0.15, 0.2) is 255 Å². The van der Waals surface area contributed by atoms with E-state index in [2.05, 4.69) is 265 Å². The Morgan fingerprint density at radius 2 is 0.869 bits per heavy atom. The van der Waals surface area contributed by atoms with Crippen molar-refractivity contribution in [3.63, 3.8) is 0 Å². The van der Waals surface area contributed by atoms with Crippen LogP contribution in [0.3, 0.4) is 0 Å². The lowest BCUT2D eigenvalue weighted by molar-refractivity contribution is 1.26. The molecule has 0 unspecified atom stereocenters. The number of para-hydroxylation sites is 3. The average molecular weight is 795 g/mol. The monoisotopic (exact) mass is 794 g/mol. The van der Waals surface area contributed by atoms with E-state index < -0.39 is 8.07 Å². The van der Waals surface area contributed by atoms with Crippen molar-refractivity contribution in [1.29, 1.82) is 0 Å². The summed E-state index contributed by atoms with van der Waals surface area (Å²) in [6.07, 6.45) is 0. The summed E-state index contributed by atoms with van der Waals surface area (Å²) < 4.78 is 0. The third-order valence-corrected chi connectivity index (χ3v) is 17.2. The Kier molecular flexibility index (Phi) is 9.22. The topological polar surface area (TPSA) is 6.48 Å². The standard InChI is InChI=1S/C58H42N2Si/c1-5-20-44(21-6-1)53-31-15-16-33-54(53)59(47-38-36-45(37-39-47)52-32-19-23-43-22-13-14-30-51(43)52)48-40-41-56-58(42-48)61(49-26-9-3-10-27-49,50-28-11-4-12-29-50)57-35-18-17-34-55(57)60(56)46-24-7-2-8-25-46/h1-42H. The van der Waals surface area contributed by atoms with Gasteiger partial charge in [0.25, 0.3) is 0 Å². The molecule has 0 saturated heterocycles. The Labute approximate surface area is 358 Å². The van der Waals surface area contributed by atoms with Crippen molar-refractivity contribution in [3.05, 3.63) is 255 Å². The highest BCUT2D eigenvalue weighted by Crippen LogP contribution is 2.44. The van der Waals surface area contributed by atoms with Crippen LogP contribution in [-0.2, 0) is 0 Å². The summed E-state index contributed by atoms with van der Waals surface area (Å²) in [4.78, 5) is 4.95. The third kappa shape index (κ3) is 6.18. The van der Waals surface area contributed by atoms with Crippen molar-refractivity contribution in [2.45, 2.75) is 0 Å². The number of hydrogen-bond donors (Lipinski definition) is 0. The lowest BCUT2D eigenvalue weighted by Crippen LogP contribution is -2.77. The van der Waals surface area contributed by atoms with E-state index in [4.69, 9.17) is 0 Å². The van der Waals surface area contributed by atoms with E-state index >= 15 is 0 Å². The summed E-state index contributed by atoms with van der Waals surface area (Å²) in [5.74, 6) is 0. The molecule has 0 aromatic heterocycles. The first kappa shape index (κ1) is 36.4. The molecule has 0 bridgehead atoms. The van der Waals surface area contributed by atoms with Crippen molar-refractivity contribution < 1.29 is 0 Å². The van der Waals surface area contributed by atoms with Gasteiger partial charge in [-0.2, -0.15) is 0 Å². The van der Waals surface area contributed by atoms with E-state index in [-0.39, 0.29) is 0 Å². The Balaban J connectivity index is 1.20. The fourth-order valence-electron chi connectivity index (χ4n) is 9.66. The third-order valence-electron chi connectivity index (χ3n) is 12.3. The first-order chi connectivity index (χ1) is 30.3. The molecule has 1 heterocycles. The maximum atomic E-state index is 2.52. The number of anilines is 6.